The van der Waals surface area contributed by atoms with Crippen LogP contribution in [0, 0.1) is 0 Å². The molecule has 2 N–H and O–H groups in total. The summed E-state index contributed by atoms with van der Waals surface area (Å²) in [6, 6.07) is 14.3. The van der Waals surface area contributed by atoms with Crippen LogP contribution in [0.2, 0.25) is 0 Å². The molecule has 0 radical (unpaired) electrons. The van der Waals surface area contributed by atoms with Gasteiger partial charge >= 0.3 is 0 Å². The predicted octanol–water partition coefficient (Wildman–Crippen LogP) is 3.26. The van der Waals surface area contributed by atoms with Gasteiger partial charge in [0.1, 0.15) is 16.2 Å². The van der Waals surface area contributed by atoms with Crippen molar-refractivity contribution in [3.05, 3.63) is 84.0 Å². The summed E-state index contributed by atoms with van der Waals surface area (Å²) in [6.07, 6.45) is 4.64. The molecule has 0 bridgehead atoms. The van der Waals surface area contributed by atoms with Crippen molar-refractivity contribution in [3.63, 3.8) is 0 Å². The molecule has 166 valence electrons. The van der Waals surface area contributed by atoms with Gasteiger partial charge in [-0.1, -0.05) is 30.3 Å². The van der Waals surface area contributed by atoms with Crippen molar-refractivity contribution in [3.8, 4) is 10.6 Å². The number of nitrogens with zero attached hydrogens (tertiary/aromatic N) is 3. The number of hydrogen-bond donors (Lipinski definition) is 2. The van der Waals surface area contributed by atoms with E-state index in [0.717, 1.165) is 5.56 Å². The summed E-state index contributed by atoms with van der Waals surface area (Å²) in [5, 5.41) is 8.06. The quantitative estimate of drug-likeness (QED) is 0.435. The molecule has 0 saturated heterocycles. The molecule has 5 rings (SSSR count). The molecule has 0 saturated carbocycles. The zero-order valence-electron chi connectivity index (χ0n) is 17.0. The summed E-state index contributed by atoms with van der Waals surface area (Å²) in [7, 11) is -4.07. The Bertz CT molecular complexity index is 1420. The van der Waals surface area contributed by atoms with Crippen molar-refractivity contribution in [1.82, 2.24) is 15.3 Å². The van der Waals surface area contributed by atoms with Gasteiger partial charge in [-0.05, 0) is 23.8 Å². The van der Waals surface area contributed by atoms with Crippen LogP contribution in [0.5, 0.6) is 0 Å². The van der Waals surface area contributed by atoms with Crippen molar-refractivity contribution in [2.45, 2.75) is 10.8 Å². The van der Waals surface area contributed by atoms with Gasteiger partial charge in [0.2, 0.25) is 11.7 Å². The van der Waals surface area contributed by atoms with E-state index in [4.69, 9.17) is 4.42 Å². The monoisotopic (exact) mass is 479 g/mol. The van der Waals surface area contributed by atoms with Gasteiger partial charge in [0, 0.05) is 23.7 Å². The zero-order chi connectivity index (χ0) is 22.8. The standard InChI is InChI=1S/C22H17N5O4S2/c28-20(25-13-16(21-23-8-10-31-21)14-4-2-1-3-5-14)19-26-17-7-6-15(22-24-9-11-32-22)12-18(17)33(29,30)27-19/h1-12,16H,13H2,(H,25,28)(H,26,27). The molecule has 3 heterocycles. The third-order valence-electron chi connectivity index (χ3n) is 5.04. The fraction of sp³-hybridized carbons (Fsp3) is 0.0909. The second kappa shape index (κ2) is 8.60. The van der Waals surface area contributed by atoms with Gasteiger partial charge in [-0.2, -0.15) is 8.42 Å². The Kier molecular flexibility index (Phi) is 5.48. The minimum atomic E-state index is -4.07. The van der Waals surface area contributed by atoms with Crippen molar-refractivity contribution in [2.75, 3.05) is 11.9 Å². The molecule has 0 fully saturated rings. The van der Waals surface area contributed by atoms with E-state index >= 15 is 0 Å². The Morgan fingerprint density at radius 3 is 2.70 bits per heavy atom. The number of carbonyl (C=O) groups excluding carboxylic acids is 1. The number of anilines is 1. The molecule has 9 nitrogen and oxygen atoms in total. The highest BCUT2D eigenvalue weighted by Crippen LogP contribution is 2.32. The normalized spacial score (nSPS) is 15.1. The number of benzene rings is 2. The number of rotatable bonds is 6. The van der Waals surface area contributed by atoms with Gasteiger partial charge in [-0.3, -0.25) is 4.79 Å². The summed E-state index contributed by atoms with van der Waals surface area (Å²) in [4.78, 5) is 21.2. The highest BCUT2D eigenvalue weighted by atomic mass is 32.2. The number of hydrogen-bond acceptors (Lipinski definition) is 8. The molecule has 2 aromatic carbocycles. The van der Waals surface area contributed by atoms with Crippen LogP contribution in [0.1, 0.15) is 17.4 Å². The van der Waals surface area contributed by atoms with E-state index in [1.54, 1.807) is 18.3 Å². The summed E-state index contributed by atoms with van der Waals surface area (Å²) in [5.41, 5.74) is 1.84. The van der Waals surface area contributed by atoms with Gasteiger partial charge < -0.3 is 15.1 Å². The molecule has 0 spiro atoms. The number of nitrogens with one attached hydrogen (secondary N) is 2. The fourth-order valence-electron chi connectivity index (χ4n) is 3.47. The maximum Gasteiger partial charge on any atom is 0.287 e. The minimum absolute atomic E-state index is 0.00584. The first kappa shape index (κ1) is 21.0. The Morgan fingerprint density at radius 2 is 1.97 bits per heavy atom. The number of carbonyl (C=O) groups is 1. The van der Waals surface area contributed by atoms with Crippen LogP contribution in [-0.4, -0.2) is 36.7 Å². The van der Waals surface area contributed by atoms with Crippen LogP contribution in [-0.2, 0) is 14.8 Å². The first-order chi connectivity index (χ1) is 16.0. The van der Waals surface area contributed by atoms with Crippen molar-refractivity contribution in [1.29, 1.82) is 0 Å². The lowest BCUT2D eigenvalue weighted by Crippen LogP contribution is -2.40. The van der Waals surface area contributed by atoms with Crippen LogP contribution in [0.15, 0.2) is 86.3 Å². The third-order valence-corrected chi connectivity index (χ3v) is 7.18. The van der Waals surface area contributed by atoms with Crippen LogP contribution >= 0.6 is 11.3 Å². The van der Waals surface area contributed by atoms with E-state index in [1.807, 2.05) is 35.7 Å². The van der Waals surface area contributed by atoms with E-state index in [2.05, 4.69) is 25.0 Å². The maximum absolute atomic E-state index is 12.8. The second-order valence-electron chi connectivity index (χ2n) is 7.13. The lowest BCUT2D eigenvalue weighted by molar-refractivity contribution is -0.114. The van der Waals surface area contributed by atoms with E-state index < -0.39 is 15.9 Å². The maximum atomic E-state index is 12.8. The van der Waals surface area contributed by atoms with Crippen LogP contribution in [0.4, 0.5) is 5.69 Å². The average Bonchev–Trinajstić information content (AvgIpc) is 3.54. The Balaban J connectivity index is 1.37. The molecule has 1 unspecified atom stereocenters. The molecule has 33 heavy (non-hydrogen) atoms. The van der Waals surface area contributed by atoms with Gasteiger partial charge in [0.15, 0.2) is 0 Å². The lowest BCUT2D eigenvalue weighted by Gasteiger charge is -2.19. The van der Waals surface area contributed by atoms with E-state index in [-0.39, 0.29) is 28.9 Å². The fourth-order valence-corrected chi connectivity index (χ4v) is 5.25. The van der Waals surface area contributed by atoms with Gasteiger partial charge in [0.05, 0.1) is 17.8 Å². The van der Waals surface area contributed by atoms with Gasteiger partial charge in [-0.25, -0.2) is 9.97 Å². The molecule has 2 aromatic heterocycles. The van der Waals surface area contributed by atoms with Gasteiger partial charge in [0.25, 0.3) is 15.9 Å². The van der Waals surface area contributed by atoms with Crippen molar-refractivity contribution < 1.29 is 17.6 Å². The van der Waals surface area contributed by atoms with E-state index in [9.17, 15) is 13.2 Å². The smallest absolute Gasteiger partial charge is 0.287 e. The van der Waals surface area contributed by atoms with Crippen LogP contribution in [0.3, 0.4) is 0 Å². The molecule has 11 heteroatoms. The van der Waals surface area contributed by atoms with Crippen molar-refractivity contribution in [2.24, 2.45) is 4.40 Å². The molecule has 1 aliphatic heterocycles. The summed E-state index contributed by atoms with van der Waals surface area (Å²) in [6.45, 7) is 0.139. The van der Waals surface area contributed by atoms with E-state index in [1.165, 1.54) is 29.9 Å². The number of aromatic nitrogens is 2. The molecular weight excluding hydrogens is 462 g/mol. The lowest BCUT2D eigenvalue weighted by atomic mass is 9.99. The average molecular weight is 480 g/mol. The van der Waals surface area contributed by atoms with Crippen LogP contribution in [0.25, 0.3) is 10.6 Å². The molecule has 1 atom stereocenters. The SMILES string of the molecule is O=C(NCC(c1ccccc1)c1ncco1)C1=NS(=O)(=O)c2cc(-c3nccs3)ccc2N1. The number of amidine groups is 1. The number of sulfonamides is 1. The number of amides is 1. The topological polar surface area (TPSA) is 127 Å². The molecule has 1 amide bonds. The van der Waals surface area contributed by atoms with Crippen molar-refractivity contribution >= 4 is 38.8 Å². The van der Waals surface area contributed by atoms with Crippen LogP contribution < -0.4 is 10.6 Å². The van der Waals surface area contributed by atoms with E-state index in [0.29, 0.717) is 16.5 Å². The second-order valence-corrected chi connectivity index (χ2v) is 9.60. The predicted molar refractivity (Wildman–Crippen MR) is 124 cm³/mol. The highest BCUT2D eigenvalue weighted by molar-refractivity contribution is 7.90. The van der Waals surface area contributed by atoms with Gasteiger partial charge in [-0.15, -0.1) is 15.7 Å². The first-order valence-corrected chi connectivity index (χ1v) is 12.2. The summed E-state index contributed by atoms with van der Waals surface area (Å²) in [5.74, 6) is -0.865. The molecule has 4 aromatic rings. The Morgan fingerprint density at radius 1 is 1.12 bits per heavy atom. The third kappa shape index (κ3) is 4.28. The summed E-state index contributed by atoms with van der Waals surface area (Å²) >= 11 is 1.40. The minimum Gasteiger partial charge on any atom is -0.448 e. The molecule has 1 aliphatic rings. The molecular formula is C22H17N5O4S2. The number of fused-ring (bicyclic) bond motifs is 1. The summed E-state index contributed by atoms with van der Waals surface area (Å²) < 4.78 is 34.8. The first-order valence-electron chi connectivity index (χ1n) is 9.90. The largest absolute Gasteiger partial charge is 0.448 e. The zero-order valence-corrected chi connectivity index (χ0v) is 18.6. The number of oxazole rings is 1. The Hall–Kier alpha value is -3.83. The number of thiazole rings is 1. The Labute approximate surface area is 193 Å². The highest BCUT2D eigenvalue weighted by Gasteiger charge is 2.29. The molecule has 0 aliphatic carbocycles.